The summed E-state index contributed by atoms with van der Waals surface area (Å²) in [6.45, 7) is 2.86. The predicted molar refractivity (Wildman–Crippen MR) is 93.1 cm³/mol. The zero-order valence-corrected chi connectivity index (χ0v) is 14.2. The second-order valence-electron chi connectivity index (χ2n) is 5.39. The first-order valence-corrected chi connectivity index (χ1v) is 8.60. The van der Waals surface area contributed by atoms with Gasteiger partial charge in [-0.2, -0.15) is 0 Å². The molecular weight excluding hydrogens is 342 g/mol. The van der Waals surface area contributed by atoms with Crippen LogP contribution in [0.5, 0.6) is 11.5 Å². The van der Waals surface area contributed by atoms with Gasteiger partial charge < -0.3 is 19.8 Å². The second-order valence-corrected chi connectivity index (χ2v) is 6.72. The van der Waals surface area contributed by atoms with Crippen molar-refractivity contribution >= 4 is 34.5 Å². The van der Waals surface area contributed by atoms with Crippen LogP contribution in [-0.2, 0) is 4.79 Å². The largest absolute Gasteiger partial charge is 0.486 e. The molecule has 0 saturated carbocycles. The van der Waals surface area contributed by atoms with Gasteiger partial charge in [0.2, 0.25) is 5.91 Å². The van der Waals surface area contributed by atoms with Gasteiger partial charge in [-0.3, -0.25) is 4.79 Å². The highest BCUT2D eigenvalue weighted by Gasteiger charge is 2.19. The average molecular weight is 357 g/mol. The zero-order valence-electron chi connectivity index (χ0n) is 13.4. The summed E-state index contributed by atoms with van der Waals surface area (Å²) in [5.74, 6) is 1.20. The lowest BCUT2D eigenvalue weighted by molar-refractivity contribution is -0.115. The van der Waals surface area contributed by atoms with Crippen molar-refractivity contribution in [3.63, 3.8) is 0 Å². The third kappa shape index (κ3) is 3.22. The van der Waals surface area contributed by atoms with Crippen molar-refractivity contribution < 1.29 is 14.3 Å². The van der Waals surface area contributed by atoms with E-state index in [-0.39, 0.29) is 11.2 Å². The summed E-state index contributed by atoms with van der Waals surface area (Å²) < 4.78 is 11.0. The number of rotatable bonds is 4. The number of carbonyl (C=O) groups excluding carboxylic acids is 1. The summed E-state index contributed by atoms with van der Waals surface area (Å²) in [4.78, 5) is 27.9. The summed E-state index contributed by atoms with van der Waals surface area (Å²) in [5.41, 5.74) is 1.97. The zero-order chi connectivity index (χ0) is 17.2. The maximum absolute atomic E-state index is 12.5. The Hall–Kier alpha value is -2.81. The molecule has 1 atom stereocenters. The van der Waals surface area contributed by atoms with Gasteiger partial charge in [0.15, 0.2) is 17.1 Å². The minimum absolute atomic E-state index is 0.132. The number of aromatic nitrogens is 4. The molecule has 0 unspecified atom stereocenters. The Morgan fingerprint density at radius 3 is 2.96 bits per heavy atom. The summed E-state index contributed by atoms with van der Waals surface area (Å²) in [6.07, 6.45) is 3.00. The van der Waals surface area contributed by atoms with Crippen LogP contribution in [0.3, 0.4) is 0 Å². The molecule has 3 aromatic rings. The van der Waals surface area contributed by atoms with Crippen molar-refractivity contribution in [3.8, 4) is 11.5 Å². The van der Waals surface area contributed by atoms with E-state index in [1.807, 2.05) is 6.92 Å². The SMILES string of the molecule is C[C@H](Sc1ncnc2nc[nH]c12)C(=O)Nc1ccc2c(c1)OCCO2. The molecule has 1 amide bonds. The molecule has 1 aliphatic rings. The van der Waals surface area contributed by atoms with Gasteiger partial charge in [-0.1, -0.05) is 11.8 Å². The third-order valence-corrected chi connectivity index (χ3v) is 4.76. The van der Waals surface area contributed by atoms with Crippen molar-refractivity contribution in [2.75, 3.05) is 18.5 Å². The number of thioether (sulfide) groups is 1. The standard InChI is InChI=1S/C16H15N5O3S/c1-9(25-16-13-14(18-7-17-13)19-8-20-16)15(22)21-10-2-3-11-12(6-10)24-5-4-23-11/h2-3,6-9H,4-5H2,1H3,(H,21,22)(H,17,18,19,20)/t9-/m0/s1. The van der Waals surface area contributed by atoms with Crippen LogP contribution in [0, 0.1) is 0 Å². The van der Waals surface area contributed by atoms with Gasteiger partial charge in [-0.05, 0) is 19.1 Å². The molecule has 0 radical (unpaired) electrons. The third-order valence-electron chi connectivity index (χ3n) is 3.66. The summed E-state index contributed by atoms with van der Waals surface area (Å²) >= 11 is 1.34. The minimum Gasteiger partial charge on any atom is -0.486 e. The highest BCUT2D eigenvalue weighted by molar-refractivity contribution is 8.00. The van der Waals surface area contributed by atoms with Gasteiger partial charge in [0, 0.05) is 11.8 Å². The number of nitrogens with one attached hydrogen (secondary N) is 2. The maximum Gasteiger partial charge on any atom is 0.237 e. The fourth-order valence-corrected chi connectivity index (χ4v) is 3.30. The topological polar surface area (TPSA) is 102 Å². The summed E-state index contributed by atoms with van der Waals surface area (Å²) in [6, 6.07) is 5.35. The number of imidazole rings is 1. The highest BCUT2D eigenvalue weighted by Crippen LogP contribution is 2.33. The molecule has 2 N–H and O–H groups in total. The van der Waals surface area contributed by atoms with Crippen LogP contribution in [-0.4, -0.2) is 44.3 Å². The Balaban J connectivity index is 1.46. The number of nitrogens with zero attached hydrogens (tertiary/aromatic N) is 3. The van der Waals surface area contributed by atoms with E-state index >= 15 is 0 Å². The van der Waals surface area contributed by atoms with Crippen molar-refractivity contribution in [2.45, 2.75) is 17.2 Å². The lowest BCUT2D eigenvalue weighted by Gasteiger charge is -2.19. The number of ether oxygens (including phenoxy) is 2. The molecule has 0 bridgehead atoms. The molecule has 3 heterocycles. The number of fused-ring (bicyclic) bond motifs is 2. The monoisotopic (exact) mass is 357 g/mol. The van der Waals surface area contributed by atoms with Crippen LogP contribution < -0.4 is 14.8 Å². The molecule has 9 heteroatoms. The first kappa shape index (κ1) is 15.7. The molecule has 1 aromatic carbocycles. The Bertz CT molecular complexity index is 929. The van der Waals surface area contributed by atoms with E-state index in [9.17, 15) is 4.79 Å². The van der Waals surface area contributed by atoms with E-state index in [0.29, 0.717) is 41.1 Å². The van der Waals surface area contributed by atoms with Crippen LogP contribution in [0.1, 0.15) is 6.92 Å². The van der Waals surface area contributed by atoms with E-state index in [4.69, 9.17) is 9.47 Å². The number of benzene rings is 1. The van der Waals surface area contributed by atoms with Gasteiger partial charge in [0.1, 0.15) is 30.1 Å². The molecule has 0 fully saturated rings. The lowest BCUT2D eigenvalue weighted by Crippen LogP contribution is -2.23. The molecule has 2 aromatic heterocycles. The van der Waals surface area contributed by atoms with Crippen molar-refractivity contribution in [3.05, 3.63) is 30.9 Å². The molecular formula is C16H15N5O3S. The van der Waals surface area contributed by atoms with Crippen LogP contribution in [0.4, 0.5) is 5.69 Å². The van der Waals surface area contributed by atoms with E-state index in [1.165, 1.54) is 18.1 Å². The Labute approximate surface area is 147 Å². The number of hydrogen-bond acceptors (Lipinski definition) is 7. The summed E-state index contributed by atoms with van der Waals surface area (Å²) in [7, 11) is 0. The first-order chi connectivity index (χ1) is 12.2. The second kappa shape index (κ2) is 6.60. The van der Waals surface area contributed by atoms with Crippen LogP contribution >= 0.6 is 11.8 Å². The molecule has 0 aliphatic carbocycles. The van der Waals surface area contributed by atoms with Crippen LogP contribution in [0.2, 0.25) is 0 Å². The molecule has 1 aliphatic heterocycles. The van der Waals surface area contributed by atoms with Gasteiger partial charge >= 0.3 is 0 Å². The van der Waals surface area contributed by atoms with Crippen LogP contribution in [0.25, 0.3) is 11.2 Å². The average Bonchev–Trinajstić information content (AvgIpc) is 3.11. The van der Waals surface area contributed by atoms with E-state index in [0.717, 1.165) is 5.52 Å². The van der Waals surface area contributed by atoms with Gasteiger partial charge in [-0.15, -0.1) is 0 Å². The molecule has 0 saturated heterocycles. The highest BCUT2D eigenvalue weighted by atomic mass is 32.2. The molecule has 4 rings (SSSR count). The molecule has 128 valence electrons. The first-order valence-electron chi connectivity index (χ1n) is 7.72. The van der Waals surface area contributed by atoms with E-state index < -0.39 is 0 Å². The number of hydrogen-bond donors (Lipinski definition) is 2. The van der Waals surface area contributed by atoms with E-state index in [1.54, 1.807) is 24.5 Å². The molecule has 8 nitrogen and oxygen atoms in total. The quantitative estimate of drug-likeness (QED) is 0.545. The molecule has 25 heavy (non-hydrogen) atoms. The fraction of sp³-hybridized carbons (Fsp3) is 0.250. The Morgan fingerprint density at radius 1 is 1.24 bits per heavy atom. The number of anilines is 1. The van der Waals surface area contributed by atoms with Crippen molar-refractivity contribution in [2.24, 2.45) is 0 Å². The number of aromatic amines is 1. The van der Waals surface area contributed by atoms with Crippen molar-refractivity contribution in [1.29, 1.82) is 0 Å². The number of H-pyrrole nitrogens is 1. The summed E-state index contributed by atoms with van der Waals surface area (Å²) in [5, 5.41) is 3.22. The molecule has 0 spiro atoms. The van der Waals surface area contributed by atoms with Crippen LogP contribution in [0.15, 0.2) is 35.9 Å². The Morgan fingerprint density at radius 2 is 2.08 bits per heavy atom. The smallest absolute Gasteiger partial charge is 0.237 e. The predicted octanol–water partition coefficient (Wildman–Crippen LogP) is 2.24. The van der Waals surface area contributed by atoms with Gasteiger partial charge in [0.25, 0.3) is 0 Å². The maximum atomic E-state index is 12.5. The Kier molecular flexibility index (Phi) is 4.14. The normalized spacial score (nSPS) is 14.3. The van der Waals surface area contributed by atoms with Crippen molar-refractivity contribution in [1.82, 2.24) is 19.9 Å². The van der Waals surface area contributed by atoms with E-state index in [2.05, 4.69) is 25.3 Å². The van der Waals surface area contributed by atoms with Gasteiger partial charge in [0.05, 0.1) is 11.6 Å². The number of carbonyl (C=O) groups is 1. The lowest BCUT2D eigenvalue weighted by atomic mass is 10.2. The van der Waals surface area contributed by atoms with Gasteiger partial charge in [-0.25, -0.2) is 15.0 Å². The minimum atomic E-state index is -0.352. The number of amides is 1. The fourth-order valence-electron chi connectivity index (χ4n) is 2.42.